The fourth-order valence-corrected chi connectivity index (χ4v) is 8.00. The van der Waals surface area contributed by atoms with Crippen molar-refractivity contribution in [3.05, 3.63) is 24.3 Å². The lowest BCUT2D eigenvalue weighted by Gasteiger charge is -2.38. The zero-order valence-corrected chi connectivity index (χ0v) is 30.2. The number of ether oxygens (including phenoxy) is 4. The lowest BCUT2D eigenvalue weighted by atomic mass is 9.79. The highest BCUT2D eigenvalue weighted by Gasteiger charge is 2.46. The smallest absolute Gasteiger partial charge is 0.305 e. The predicted molar refractivity (Wildman–Crippen MR) is 178 cm³/mol. The molecule has 44 heavy (non-hydrogen) atoms. The van der Waals surface area contributed by atoms with Crippen LogP contribution in [-0.4, -0.2) is 70.9 Å². The third kappa shape index (κ3) is 9.84. The third-order valence-corrected chi connectivity index (χ3v) is 15.5. The van der Waals surface area contributed by atoms with Gasteiger partial charge >= 0.3 is 5.97 Å². The predicted octanol–water partition coefficient (Wildman–Crippen LogP) is 7.83. The summed E-state index contributed by atoms with van der Waals surface area (Å²) in [5.41, 5.74) is 2.24. The summed E-state index contributed by atoms with van der Waals surface area (Å²) < 4.78 is 31.4. The second-order valence-corrected chi connectivity index (χ2v) is 20.4. The molecular weight excluding hydrogens is 572 g/mol. The lowest BCUT2D eigenvalue weighted by molar-refractivity contribution is -0.142. The largest absolute Gasteiger partial charge is 0.469 e. The van der Waals surface area contributed by atoms with Gasteiger partial charge in [0, 0.05) is 25.4 Å². The van der Waals surface area contributed by atoms with E-state index in [1.165, 1.54) is 7.11 Å². The van der Waals surface area contributed by atoms with Crippen molar-refractivity contribution in [1.82, 2.24) is 0 Å². The minimum absolute atomic E-state index is 0.0287. The average Bonchev–Trinajstić information content (AvgIpc) is 3.44. The first-order valence-corrected chi connectivity index (χ1v) is 19.9. The molecule has 0 N–H and O–H groups in total. The number of methoxy groups -OCH3 is 1. The van der Waals surface area contributed by atoms with Gasteiger partial charge in [0.1, 0.15) is 6.29 Å². The Hall–Kier alpha value is -1.32. The van der Waals surface area contributed by atoms with Gasteiger partial charge in [-0.05, 0) is 85.6 Å². The van der Waals surface area contributed by atoms with Crippen molar-refractivity contribution in [2.24, 2.45) is 23.7 Å². The van der Waals surface area contributed by atoms with Crippen LogP contribution in [-0.2, 0) is 33.0 Å². The normalized spacial score (nSPS) is 33.9. The van der Waals surface area contributed by atoms with Crippen LogP contribution in [0.4, 0.5) is 0 Å². The fourth-order valence-electron chi connectivity index (χ4n) is 6.87. The Bertz CT molecular complexity index is 987. The maximum atomic E-state index is 12.5. The zero-order chi connectivity index (χ0) is 32.8. The molecule has 0 spiro atoms. The molecule has 0 aliphatic carbocycles. The van der Waals surface area contributed by atoms with Crippen molar-refractivity contribution < 1.29 is 33.0 Å². The van der Waals surface area contributed by atoms with Gasteiger partial charge in [0.2, 0.25) is 0 Å². The highest BCUT2D eigenvalue weighted by atomic mass is 28.4. The summed E-state index contributed by atoms with van der Waals surface area (Å²) in [5.74, 6) is 0.782. The van der Waals surface area contributed by atoms with Gasteiger partial charge in [0.15, 0.2) is 8.32 Å². The van der Waals surface area contributed by atoms with Gasteiger partial charge in [-0.3, -0.25) is 4.79 Å². The van der Waals surface area contributed by atoms with Crippen molar-refractivity contribution in [2.75, 3.05) is 13.7 Å². The minimum Gasteiger partial charge on any atom is -0.469 e. The van der Waals surface area contributed by atoms with Crippen LogP contribution in [0.15, 0.2) is 24.3 Å². The fraction of sp³-hybridized carbons (Fsp3) is 0.833. The highest BCUT2D eigenvalue weighted by Crippen LogP contribution is 2.43. The summed E-state index contributed by atoms with van der Waals surface area (Å²) in [6.45, 7) is 27.5. The van der Waals surface area contributed by atoms with Crippen LogP contribution in [0.3, 0.4) is 0 Å². The SMILES string of the molecule is C=C1C[C@H](CCC=O)OC1CC[C@H]1C[C@@H](C)C(=C)[C@@H](CC2O[C@H](C[C@H](C)CO[Si](C)(C)C(C)(C)C)[C@H](C)[C@H]2CC(=O)OC)O1. The first-order valence-electron chi connectivity index (χ1n) is 17.0. The van der Waals surface area contributed by atoms with Crippen LogP contribution in [0, 0.1) is 23.7 Å². The monoisotopic (exact) mass is 634 g/mol. The third-order valence-electron chi connectivity index (χ3n) is 11.0. The van der Waals surface area contributed by atoms with Crippen LogP contribution in [0.25, 0.3) is 0 Å². The number of rotatable bonds is 15. The maximum absolute atomic E-state index is 12.5. The lowest BCUT2D eigenvalue weighted by Crippen LogP contribution is -2.42. The summed E-state index contributed by atoms with van der Waals surface area (Å²) in [6, 6.07) is 0. The number of carbonyl (C=O) groups excluding carboxylic acids is 2. The molecule has 0 aromatic carbocycles. The number of hydrogen-bond donors (Lipinski definition) is 0. The molecule has 3 heterocycles. The van der Waals surface area contributed by atoms with Gasteiger partial charge < -0.3 is 28.2 Å². The zero-order valence-electron chi connectivity index (χ0n) is 29.2. The molecule has 3 fully saturated rings. The van der Waals surface area contributed by atoms with Crippen LogP contribution in [0.5, 0.6) is 0 Å². The second-order valence-electron chi connectivity index (χ2n) is 15.6. The van der Waals surface area contributed by atoms with Gasteiger partial charge in [0.05, 0.1) is 50.2 Å². The van der Waals surface area contributed by atoms with Gasteiger partial charge in [-0.25, -0.2) is 0 Å². The standard InChI is InChI=1S/C36H62O7Si/c1-23(22-40-44(10,11)36(6,7)8)17-32-27(5)30(20-35(38)39-9)34(43-32)21-33-26(4)24(2)18-29(42-33)14-15-31-25(3)19-28(41-31)13-12-16-37/h16,23-24,27-34H,3-4,12-15,17-22H2,1-2,5-11H3/t23-,24+,27+,28-,29-,30+,31?,32+,33+,34?/m0/s1. The van der Waals surface area contributed by atoms with E-state index < -0.39 is 8.32 Å². The van der Waals surface area contributed by atoms with E-state index in [4.69, 9.17) is 23.4 Å². The molecule has 252 valence electrons. The second kappa shape index (κ2) is 16.0. The molecule has 3 aliphatic rings. The van der Waals surface area contributed by atoms with Crippen LogP contribution >= 0.6 is 0 Å². The van der Waals surface area contributed by atoms with Crippen molar-refractivity contribution in [1.29, 1.82) is 0 Å². The Balaban J connectivity index is 1.62. The number of aldehydes is 1. The summed E-state index contributed by atoms with van der Waals surface area (Å²) in [4.78, 5) is 23.3. The summed E-state index contributed by atoms with van der Waals surface area (Å²) in [5, 5.41) is 0.176. The van der Waals surface area contributed by atoms with Crippen LogP contribution in [0.2, 0.25) is 18.1 Å². The van der Waals surface area contributed by atoms with Crippen LogP contribution in [0.1, 0.15) is 99.3 Å². The average molecular weight is 635 g/mol. The van der Waals surface area contributed by atoms with Gasteiger partial charge in [0.25, 0.3) is 0 Å². The molecule has 0 radical (unpaired) electrons. The van der Waals surface area contributed by atoms with E-state index in [-0.39, 0.29) is 59.5 Å². The molecule has 0 bridgehead atoms. The van der Waals surface area contributed by atoms with Gasteiger partial charge in [-0.15, -0.1) is 0 Å². The van der Waals surface area contributed by atoms with E-state index in [1.54, 1.807) is 0 Å². The quantitative estimate of drug-likeness (QED) is 0.0786. The minimum atomic E-state index is -1.83. The molecule has 3 saturated heterocycles. The Labute approximate surface area is 269 Å². The van der Waals surface area contributed by atoms with E-state index in [0.29, 0.717) is 31.1 Å². The van der Waals surface area contributed by atoms with E-state index in [2.05, 4.69) is 67.8 Å². The first-order chi connectivity index (χ1) is 20.6. The Morgan fingerprint density at radius 2 is 1.73 bits per heavy atom. The Kier molecular flexibility index (Phi) is 13.5. The molecule has 0 aromatic rings. The molecule has 3 rings (SSSR count). The highest BCUT2D eigenvalue weighted by molar-refractivity contribution is 6.74. The van der Waals surface area contributed by atoms with Crippen molar-refractivity contribution in [3.63, 3.8) is 0 Å². The summed E-state index contributed by atoms with van der Waals surface area (Å²) in [6.07, 6.45) is 7.76. The van der Waals surface area contributed by atoms with Crippen molar-refractivity contribution >= 4 is 20.6 Å². The van der Waals surface area contributed by atoms with E-state index in [1.807, 2.05) is 0 Å². The molecule has 2 unspecified atom stereocenters. The molecule has 7 nitrogen and oxygen atoms in total. The number of carbonyl (C=O) groups is 2. The van der Waals surface area contributed by atoms with E-state index in [0.717, 1.165) is 62.6 Å². The molecule has 3 aliphatic heterocycles. The summed E-state index contributed by atoms with van der Waals surface area (Å²) >= 11 is 0. The first kappa shape index (κ1) is 37.1. The van der Waals surface area contributed by atoms with Crippen molar-refractivity contribution in [2.45, 2.75) is 154 Å². The topological polar surface area (TPSA) is 80.3 Å². The number of esters is 1. The molecule has 0 saturated carbocycles. The van der Waals surface area contributed by atoms with Gasteiger partial charge in [-0.1, -0.05) is 54.7 Å². The number of hydrogen-bond acceptors (Lipinski definition) is 7. The van der Waals surface area contributed by atoms with Gasteiger partial charge in [-0.2, -0.15) is 0 Å². The Morgan fingerprint density at radius 1 is 1.05 bits per heavy atom. The molecule has 0 aromatic heterocycles. The molecule has 10 atom stereocenters. The van der Waals surface area contributed by atoms with Crippen molar-refractivity contribution in [3.8, 4) is 0 Å². The molecular formula is C36H62O7Si. The maximum Gasteiger partial charge on any atom is 0.305 e. The van der Waals surface area contributed by atoms with E-state index >= 15 is 0 Å². The van der Waals surface area contributed by atoms with Crippen LogP contribution < -0.4 is 0 Å². The van der Waals surface area contributed by atoms with E-state index in [9.17, 15) is 9.59 Å². The molecule has 0 amide bonds. The summed E-state index contributed by atoms with van der Waals surface area (Å²) in [7, 11) is -0.367. The Morgan fingerprint density at radius 3 is 2.36 bits per heavy atom. The molecule has 8 heteroatoms.